The molecule has 0 aliphatic carbocycles. The lowest BCUT2D eigenvalue weighted by atomic mass is 10.4. The number of halogens is 1. The van der Waals surface area contributed by atoms with Gasteiger partial charge in [0.1, 0.15) is 22.4 Å². The van der Waals surface area contributed by atoms with E-state index in [0.717, 1.165) is 23.3 Å². The maximum atomic E-state index is 11.3. The van der Waals surface area contributed by atoms with Crippen LogP contribution in [-0.4, -0.2) is 43.1 Å². The molecule has 0 atom stereocenters. The summed E-state index contributed by atoms with van der Waals surface area (Å²) >= 11 is 3.46. The maximum absolute atomic E-state index is 11.3. The zero-order valence-electron chi connectivity index (χ0n) is 10.8. The predicted molar refractivity (Wildman–Crippen MR) is 75.8 cm³/mol. The van der Waals surface area contributed by atoms with Gasteiger partial charge >= 0.3 is 0 Å². The number of nitrogens with one attached hydrogen (secondary N) is 2. The Balaban J connectivity index is 2.85. The van der Waals surface area contributed by atoms with E-state index < -0.39 is 0 Å². The number of nitrogens with zero attached hydrogens (tertiary/aromatic N) is 3. The highest BCUT2D eigenvalue weighted by molar-refractivity contribution is 9.10. The molecule has 100 valence electrons. The lowest BCUT2D eigenvalue weighted by molar-refractivity contribution is -0.119. The number of rotatable bonds is 6. The van der Waals surface area contributed by atoms with E-state index in [1.807, 2.05) is 7.05 Å². The number of hydrogen-bond acceptors (Lipinski definition) is 5. The summed E-state index contributed by atoms with van der Waals surface area (Å²) in [5.74, 6) is 1.36. The summed E-state index contributed by atoms with van der Waals surface area (Å²) in [7, 11) is 3.42. The van der Waals surface area contributed by atoms with E-state index in [0.29, 0.717) is 5.82 Å². The molecule has 0 aliphatic rings. The molecule has 0 spiro atoms. The quantitative estimate of drug-likeness (QED) is 0.826. The third-order valence-electron chi connectivity index (χ3n) is 2.33. The van der Waals surface area contributed by atoms with Crippen LogP contribution >= 0.6 is 15.9 Å². The van der Waals surface area contributed by atoms with Gasteiger partial charge in [-0.2, -0.15) is 0 Å². The molecule has 0 saturated heterocycles. The van der Waals surface area contributed by atoms with Gasteiger partial charge in [0, 0.05) is 20.6 Å². The Labute approximate surface area is 115 Å². The number of likely N-dealkylation sites (N-methyl/N-ethyl adjacent to an activating group) is 2. The molecule has 1 rings (SSSR count). The van der Waals surface area contributed by atoms with Gasteiger partial charge in [-0.05, 0) is 22.4 Å². The number of aromatic nitrogens is 2. The van der Waals surface area contributed by atoms with Gasteiger partial charge in [-0.3, -0.25) is 4.79 Å². The van der Waals surface area contributed by atoms with Gasteiger partial charge in [0.2, 0.25) is 5.91 Å². The number of carbonyl (C=O) groups is 1. The molecule has 18 heavy (non-hydrogen) atoms. The minimum absolute atomic E-state index is 0.0638. The van der Waals surface area contributed by atoms with Crippen LogP contribution in [-0.2, 0) is 4.79 Å². The molecule has 1 aromatic rings. The molecule has 0 bridgehead atoms. The molecule has 0 saturated carbocycles. The van der Waals surface area contributed by atoms with Crippen molar-refractivity contribution < 1.29 is 4.79 Å². The average molecular weight is 316 g/mol. The van der Waals surface area contributed by atoms with Crippen LogP contribution in [0.15, 0.2) is 10.8 Å². The molecule has 0 aliphatic heterocycles. The van der Waals surface area contributed by atoms with Gasteiger partial charge in [-0.1, -0.05) is 6.92 Å². The molecule has 0 radical (unpaired) electrons. The summed E-state index contributed by atoms with van der Waals surface area (Å²) in [4.78, 5) is 21.4. The lowest BCUT2D eigenvalue weighted by Crippen LogP contribution is -2.33. The fraction of sp³-hybridized carbons (Fsp3) is 0.545. The first kappa shape index (κ1) is 14.7. The Kier molecular flexibility index (Phi) is 5.84. The first-order valence-electron chi connectivity index (χ1n) is 5.76. The van der Waals surface area contributed by atoms with Crippen molar-refractivity contribution in [1.29, 1.82) is 0 Å². The molecule has 6 nitrogen and oxygen atoms in total. The fourth-order valence-corrected chi connectivity index (χ4v) is 2.01. The Bertz CT molecular complexity index is 412. The number of amides is 1. The second kappa shape index (κ2) is 7.15. The highest BCUT2D eigenvalue weighted by Crippen LogP contribution is 2.28. The van der Waals surface area contributed by atoms with Crippen molar-refractivity contribution >= 4 is 33.5 Å². The normalized spacial score (nSPS) is 10.0. The number of hydrogen-bond donors (Lipinski definition) is 2. The third kappa shape index (κ3) is 3.83. The summed E-state index contributed by atoms with van der Waals surface area (Å²) < 4.78 is 0.768. The first-order valence-corrected chi connectivity index (χ1v) is 6.55. The van der Waals surface area contributed by atoms with Crippen LogP contribution in [0.25, 0.3) is 0 Å². The molecule has 1 aromatic heterocycles. The summed E-state index contributed by atoms with van der Waals surface area (Å²) in [5.41, 5.74) is 0. The van der Waals surface area contributed by atoms with Crippen molar-refractivity contribution in [3.63, 3.8) is 0 Å². The summed E-state index contributed by atoms with van der Waals surface area (Å²) in [6.45, 7) is 3.17. The van der Waals surface area contributed by atoms with E-state index in [-0.39, 0.29) is 12.5 Å². The largest absolute Gasteiger partial charge is 0.369 e. The zero-order chi connectivity index (χ0) is 13.5. The van der Waals surface area contributed by atoms with Crippen LogP contribution in [0.3, 0.4) is 0 Å². The fourth-order valence-electron chi connectivity index (χ4n) is 1.36. The van der Waals surface area contributed by atoms with Crippen LogP contribution < -0.4 is 15.5 Å². The molecule has 7 heteroatoms. The second-order valence-corrected chi connectivity index (χ2v) is 4.61. The minimum Gasteiger partial charge on any atom is -0.369 e. The van der Waals surface area contributed by atoms with E-state index in [2.05, 4.69) is 43.5 Å². The van der Waals surface area contributed by atoms with Crippen LogP contribution in [0.4, 0.5) is 11.6 Å². The highest BCUT2D eigenvalue weighted by atomic mass is 79.9. The van der Waals surface area contributed by atoms with Gasteiger partial charge in [0.05, 0.1) is 6.54 Å². The molecular formula is C11H18BrN5O. The van der Waals surface area contributed by atoms with Gasteiger partial charge < -0.3 is 15.5 Å². The summed E-state index contributed by atoms with van der Waals surface area (Å²) in [6, 6.07) is 0. The molecular weight excluding hydrogens is 298 g/mol. The van der Waals surface area contributed by atoms with E-state index in [1.165, 1.54) is 6.33 Å². The molecule has 0 aromatic carbocycles. The topological polar surface area (TPSA) is 70.2 Å². The Hall–Kier alpha value is -1.37. The molecule has 0 unspecified atom stereocenters. The highest BCUT2D eigenvalue weighted by Gasteiger charge is 2.14. The average Bonchev–Trinajstić information content (AvgIpc) is 2.37. The van der Waals surface area contributed by atoms with E-state index in [4.69, 9.17) is 0 Å². The molecule has 0 fully saturated rings. The Morgan fingerprint density at radius 2 is 2.22 bits per heavy atom. The predicted octanol–water partition coefficient (Wildman–Crippen LogP) is 1.24. The van der Waals surface area contributed by atoms with Crippen molar-refractivity contribution in [2.75, 3.05) is 37.4 Å². The van der Waals surface area contributed by atoms with E-state index in [9.17, 15) is 4.79 Å². The van der Waals surface area contributed by atoms with Crippen LogP contribution in [0, 0.1) is 0 Å². The maximum Gasteiger partial charge on any atom is 0.239 e. The van der Waals surface area contributed by atoms with Crippen molar-refractivity contribution in [1.82, 2.24) is 15.3 Å². The monoisotopic (exact) mass is 315 g/mol. The zero-order valence-corrected chi connectivity index (χ0v) is 12.4. The smallest absolute Gasteiger partial charge is 0.239 e. The van der Waals surface area contributed by atoms with Gasteiger partial charge in [0.15, 0.2) is 0 Å². The van der Waals surface area contributed by atoms with Crippen molar-refractivity contribution in [3.05, 3.63) is 10.8 Å². The van der Waals surface area contributed by atoms with Crippen LogP contribution in [0.1, 0.15) is 13.3 Å². The lowest BCUT2D eigenvalue weighted by Gasteiger charge is -2.19. The Morgan fingerprint density at radius 3 is 2.83 bits per heavy atom. The van der Waals surface area contributed by atoms with E-state index in [1.54, 1.807) is 11.9 Å². The number of carbonyl (C=O) groups excluding carboxylic acids is 1. The van der Waals surface area contributed by atoms with E-state index >= 15 is 0 Å². The molecule has 1 heterocycles. The van der Waals surface area contributed by atoms with Gasteiger partial charge in [0.25, 0.3) is 0 Å². The van der Waals surface area contributed by atoms with Crippen molar-refractivity contribution in [2.45, 2.75) is 13.3 Å². The minimum atomic E-state index is -0.0638. The van der Waals surface area contributed by atoms with Crippen LogP contribution in [0.5, 0.6) is 0 Å². The summed E-state index contributed by atoms with van der Waals surface area (Å²) in [6.07, 6.45) is 2.50. The van der Waals surface area contributed by atoms with Gasteiger partial charge in [-0.15, -0.1) is 0 Å². The standard InChI is InChI=1S/C11H18BrN5O/c1-4-5-14-10-9(12)11(16-7-15-10)17(3)6-8(18)13-2/h7H,4-6H2,1-3H3,(H,13,18)(H,14,15,16). The molecule has 1 amide bonds. The third-order valence-corrected chi connectivity index (χ3v) is 3.06. The first-order chi connectivity index (χ1) is 8.60. The number of anilines is 2. The van der Waals surface area contributed by atoms with Crippen molar-refractivity contribution in [3.8, 4) is 0 Å². The second-order valence-electron chi connectivity index (χ2n) is 3.82. The molecule has 2 N–H and O–H groups in total. The Morgan fingerprint density at radius 1 is 1.50 bits per heavy atom. The SMILES string of the molecule is CCCNc1ncnc(N(C)CC(=O)NC)c1Br. The van der Waals surface area contributed by atoms with Gasteiger partial charge in [-0.25, -0.2) is 9.97 Å². The summed E-state index contributed by atoms with van der Waals surface area (Å²) in [5, 5.41) is 5.78. The van der Waals surface area contributed by atoms with Crippen LogP contribution in [0.2, 0.25) is 0 Å². The van der Waals surface area contributed by atoms with Crippen molar-refractivity contribution in [2.24, 2.45) is 0 Å².